The highest BCUT2D eigenvalue weighted by molar-refractivity contribution is 5.21. The van der Waals surface area contributed by atoms with E-state index in [0.29, 0.717) is 5.41 Å². The highest BCUT2D eigenvalue weighted by Crippen LogP contribution is 2.29. The van der Waals surface area contributed by atoms with Crippen LogP contribution in [0.2, 0.25) is 0 Å². The molecule has 0 amide bonds. The van der Waals surface area contributed by atoms with Gasteiger partial charge in [0.15, 0.2) is 0 Å². The lowest BCUT2D eigenvalue weighted by Gasteiger charge is -2.38. The van der Waals surface area contributed by atoms with Crippen LogP contribution in [-0.2, 0) is 6.54 Å². The molecule has 2 heteroatoms. The van der Waals surface area contributed by atoms with Crippen molar-refractivity contribution in [3.63, 3.8) is 0 Å². The molecule has 0 bridgehead atoms. The fourth-order valence-corrected chi connectivity index (χ4v) is 2.41. The van der Waals surface area contributed by atoms with Crippen LogP contribution in [0.3, 0.4) is 0 Å². The van der Waals surface area contributed by atoms with Gasteiger partial charge in [-0.2, -0.15) is 0 Å². The van der Waals surface area contributed by atoms with Gasteiger partial charge in [0.25, 0.3) is 0 Å². The van der Waals surface area contributed by atoms with Crippen molar-refractivity contribution >= 4 is 0 Å². The Labute approximate surface area is 105 Å². The van der Waals surface area contributed by atoms with Gasteiger partial charge in [0.05, 0.1) is 0 Å². The maximum absolute atomic E-state index is 5.83. The standard InChI is InChI=1S/C15H24N2/c1-13-3-5-14(6-4-13)11-17-9-7-15(2,12-16)8-10-17/h3-6H,7-12,16H2,1-2H3. The normalized spacial score (nSPS) is 20.4. The van der Waals surface area contributed by atoms with Crippen LogP contribution in [0.4, 0.5) is 0 Å². The van der Waals surface area contributed by atoms with Gasteiger partial charge in [-0.05, 0) is 50.4 Å². The van der Waals surface area contributed by atoms with E-state index in [1.54, 1.807) is 0 Å². The lowest BCUT2D eigenvalue weighted by atomic mass is 9.80. The summed E-state index contributed by atoms with van der Waals surface area (Å²) in [4.78, 5) is 2.54. The summed E-state index contributed by atoms with van der Waals surface area (Å²) in [7, 11) is 0. The number of benzene rings is 1. The lowest BCUT2D eigenvalue weighted by molar-refractivity contribution is 0.119. The summed E-state index contributed by atoms with van der Waals surface area (Å²) in [5.74, 6) is 0. The Bertz CT molecular complexity index is 348. The molecule has 0 unspecified atom stereocenters. The van der Waals surface area contributed by atoms with Gasteiger partial charge in [0, 0.05) is 6.54 Å². The molecule has 0 radical (unpaired) electrons. The molecule has 1 aromatic rings. The Morgan fingerprint density at radius 1 is 1.18 bits per heavy atom. The van der Waals surface area contributed by atoms with Gasteiger partial charge >= 0.3 is 0 Å². The molecule has 0 spiro atoms. The molecule has 0 saturated carbocycles. The zero-order valence-electron chi connectivity index (χ0n) is 11.1. The molecule has 94 valence electrons. The lowest BCUT2D eigenvalue weighted by Crippen LogP contribution is -2.41. The SMILES string of the molecule is Cc1ccc(CN2CCC(C)(CN)CC2)cc1. The number of piperidine rings is 1. The van der Waals surface area contributed by atoms with Crippen molar-refractivity contribution in [3.05, 3.63) is 35.4 Å². The fraction of sp³-hybridized carbons (Fsp3) is 0.600. The van der Waals surface area contributed by atoms with Crippen molar-refractivity contribution < 1.29 is 0 Å². The summed E-state index contributed by atoms with van der Waals surface area (Å²) in [5, 5.41) is 0. The molecule has 2 nitrogen and oxygen atoms in total. The smallest absolute Gasteiger partial charge is 0.0233 e. The van der Waals surface area contributed by atoms with Crippen LogP contribution in [0, 0.1) is 12.3 Å². The fourth-order valence-electron chi connectivity index (χ4n) is 2.41. The molecule has 1 aromatic carbocycles. The minimum Gasteiger partial charge on any atom is -0.330 e. The first-order chi connectivity index (χ1) is 8.11. The highest BCUT2D eigenvalue weighted by Gasteiger charge is 2.28. The van der Waals surface area contributed by atoms with Gasteiger partial charge in [-0.25, -0.2) is 0 Å². The minimum absolute atomic E-state index is 0.379. The Hall–Kier alpha value is -0.860. The number of hydrogen-bond donors (Lipinski definition) is 1. The van der Waals surface area contributed by atoms with E-state index < -0.39 is 0 Å². The number of nitrogens with two attached hydrogens (primary N) is 1. The molecule has 1 fully saturated rings. The van der Waals surface area contributed by atoms with Crippen molar-refractivity contribution in [3.8, 4) is 0 Å². The van der Waals surface area contributed by atoms with Crippen molar-refractivity contribution in [1.29, 1.82) is 0 Å². The summed E-state index contributed by atoms with van der Waals surface area (Å²) in [6.07, 6.45) is 2.46. The number of rotatable bonds is 3. The Balaban J connectivity index is 1.88. The first-order valence-electron chi connectivity index (χ1n) is 6.59. The molecule has 17 heavy (non-hydrogen) atoms. The van der Waals surface area contributed by atoms with Gasteiger partial charge in [0.2, 0.25) is 0 Å². The molecule has 0 aromatic heterocycles. The summed E-state index contributed by atoms with van der Waals surface area (Å²) in [5.41, 5.74) is 8.97. The number of hydrogen-bond acceptors (Lipinski definition) is 2. The van der Waals surface area contributed by atoms with Crippen LogP contribution in [0.15, 0.2) is 24.3 Å². The number of nitrogens with zero attached hydrogens (tertiary/aromatic N) is 1. The van der Waals surface area contributed by atoms with E-state index >= 15 is 0 Å². The van der Waals surface area contributed by atoms with Crippen LogP contribution >= 0.6 is 0 Å². The van der Waals surface area contributed by atoms with Crippen LogP contribution in [0.5, 0.6) is 0 Å². The van der Waals surface area contributed by atoms with E-state index in [4.69, 9.17) is 5.73 Å². The average Bonchev–Trinajstić information content (AvgIpc) is 2.35. The minimum atomic E-state index is 0.379. The largest absolute Gasteiger partial charge is 0.330 e. The summed E-state index contributed by atoms with van der Waals surface area (Å²) in [6, 6.07) is 8.88. The first kappa shape index (κ1) is 12.6. The van der Waals surface area contributed by atoms with Gasteiger partial charge in [0.1, 0.15) is 0 Å². The average molecular weight is 232 g/mol. The molecule has 2 N–H and O–H groups in total. The summed E-state index contributed by atoms with van der Waals surface area (Å²) < 4.78 is 0. The van der Waals surface area contributed by atoms with Crippen LogP contribution < -0.4 is 5.73 Å². The monoisotopic (exact) mass is 232 g/mol. The molecule has 0 aliphatic carbocycles. The van der Waals surface area contributed by atoms with Crippen LogP contribution in [0.1, 0.15) is 30.9 Å². The second-order valence-corrected chi connectivity index (χ2v) is 5.78. The van der Waals surface area contributed by atoms with Crippen molar-refractivity contribution in [2.75, 3.05) is 19.6 Å². The Kier molecular flexibility index (Phi) is 3.85. The molecule has 1 aliphatic rings. The number of likely N-dealkylation sites (tertiary alicyclic amines) is 1. The first-order valence-corrected chi connectivity index (χ1v) is 6.59. The maximum atomic E-state index is 5.83. The third-order valence-electron chi connectivity index (χ3n) is 4.08. The number of aryl methyl sites for hydroxylation is 1. The Morgan fingerprint density at radius 3 is 2.29 bits per heavy atom. The molecule has 2 rings (SSSR count). The highest BCUT2D eigenvalue weighted by atomic mass is 15.1. The zero-order chi connectivity index (χ0) is 12.3. The quantitative estimate of drug-likeness (QED) is 0.868. The van der Waals surface area contributed by atoms with Gasteiger partial charge in [-0.3, -0.25) is 4.90 Å². The van der Waals surface area contributed by atoms with Gasteiger partial charge in [-0.15, -0.1) is 0 Å². The second-order valence-electron chi connectivity index (χ2n) is 5.78. The van der Waals surface area contributed by atoms with Crippen LogP contribution in [0.25, 0.3) is 0 Å². The summed E-state index contributed by atoms with van der Waals surface area (Å²) in [6.45, 7) is 8.73. The van der Waals surface area contributed by atoms with E-state index in [2.05, 4.69) is 43.0 Å². The van der Waals surface area contributed by atoms with E-state index in [9.17, 15) is 0 Å². The molecule has 0 atom stereocenters. The molecule has 1 aliphatic heterocycles. The predicted octanol–water partition coefficient (Wildman–Crippen LogP) is 2.56. The molecule has 1 heterocycles. The third-order valence-corrected chi connectivity index (χ3v) is 4.08. The van der Waals surface area contributed by atoms with Gasteiger partial charge in [-0.1, -0.05) is 36.8 Å². The zero-order valence-corrected chi connectivity index (χ0v) is 11.1. The summed E-state index contributed by atoms with van der Waals surface area (Å²) >= 11 is 0. The van der Waals surface area contributed by atoms with E-state index in [1.165, 1.54) is 37.1 Å². The van der Waals surface area contributed by atoms with Crippen molar-refractivity contribution in [2.24, 2.45) is 11.1 Å². The van der Waals surface area contributed by atoms with E-state index in [1.807, 2.05) is 0 Å². The second kappa shape index (κ2) is 5.19. The maximum Gasteiger partial charge on any atom is 0.0233 e. The van der Waals surface area contributed by atoms with E-state index in [-0.39, 0.29) is 0 Å². The Morgan fingerprint density at radius 2 is 1.76 bits per heavy atom. The van der Waals surface area contributed by atoms with Gasteiger partial charge < -0.3 is 5.73 Å². The van der Waals surface area contributed by atoms with Crippen molar-refractivity contribution in [1.82, 2.24) is 4.90 Å². The van der Waals surface area contributed by atoms with E-state index in [0.717, 1.165) is 13.1 Å². The third kappa shape index (κ3) is 3.30. The molecular formula is C15H24N2. The molecule has 1 saturated heterocycles. The van der Waals surface area contributed by atoms with Crippen molar-refractivity contribution in [2.45, 2.75) is 33.2 Å². The predicted molar refractivity (Wildman–Crippen MR) is 72.9 cm³/mol. The topological polar surface area (TPSA) is 29.3 Å². The van der Waals surface area contributed by atoms with Crippen LogP contribution in [-0.4, -0.2) is 24.5 Å². The molecular weight excluding hydrogens is 208 g/mol.